The summed E-state index contributed by atoms with van der Waals surface area (Å²) < 4.78 is 14.2. The maximum Gasteiger partial charge on any atom is 0.255 e. The van der Waals surface area contributed by atoms with Crippen LogP contribution in [0.2, 0.25) is 0 Å². The Hall–Kier alpha value is -0.690. The minimum absolute atomic E-state index is 0.0904. The fourth-order valence-corrected chi connectivity index (χ4v) is 2.27. The third-order valence-corrected chi connectivity index (χ3v) is 4.10. The standard InChI is InChI=1S/C13H18FIN2O/c1-3-13(16,4-2)8-17-12(18)11-9(14)6-5-7-10(11)15/h5-7H,3-4,8,16H2,1-2H3,(H,17,18). The van der Waals surface area contributed by atoms with Gasteiger partial charge in [-0.2, -0.15) is 0 Å². The molecule has 0 saturated carbocycles. The predicted molar refractivity (Wildman–Crippen MR) is 79.0 cm³/mol. The highest BCUT2D eigenvalue weighted by Crippen LogP contribution is 2.16. The van der Waals surface area contributed by atoms with E-state index in [1.54, 1.807) is 12.1 Å². The fourth-order valence-electron chi connectivity index (χ4n) is 1.56. The molecule has 0 aliphatic heterocycles. The second-order valence-electron chi connectivity index (χ2n) is 4.35. The molecule has 0 saturated heterocycles. The summed E-state index contributed by atoms with van der Waals surface area (Å²) in [6, 6.07) is 4.57. The van der Waals surface area contributed by atoms with Gasteiger partial charge in [0, 0.05) is 15.7 Å². The average Bonchev–Trinajstić information content (AvgIpc) is 2.36. The summed E-state index contributed by atoms with van der Waals surface area (Å²) in [6.07, 6.45) is 1.52. The lowest BCUT2D eigenvalue weighted by Gasteiger charge is -2.26. The average molecular weight is 364 g/mol. The van der Waals surface area contributed by atoms with E-state index < -0.39 is 17.3 Å². The Kier molecular flexibility index (Phi) is 5.52. The van der Waals surface area contributed by atoms with Gasteiger partial charge in [0.15, 0.2) is 0 Å². The topological polar surface area (TPSA) is 55.1 Å². The molecule has 0 radical (unpaired) electrons. The fraction of sp³-hybridized carbons (Fsp3) is 0.462. The van der Waals surface area contributed by atoms with Crippen LogP contribution in [0.15, 0.2) is 18.2 Å². The lowest BCUT2D eigenvalue weighted by Crippen LogP contribution is -2.49. The van der Waals surface area contributed by atoms with Crippen molar-refractivity contribution in [3.8, 4) is 0 Å². The van der Waals surface area contributed by atoms with Crippen LogP contribution in [0.1, 0.15) is 37.0 Å². The zero-order valence-electron chi connectivity index (χ0n) is 10.6. The normalized spacial score (nSPS) is 11.4. The monoisotopic (exact) mass is 364 g/mol. The van der Waals surface area contributed by atoms with Crippen LogP contribution in [0.3, 0.4) is 0 Å². The zero-order chi connectivity index (χ0) is 13.8. The molecule has 0 unspecified atom stereocenters. The van der Waals surface area contributed by atoms with Crippen molar-refractivity contribution in [1.29, 1.82) is 0 Å². The molecule has 0 aliphatic rings. The van der Waals surface area contributed by atoms with E-state index in [2.05, 4.69) is 5.32 Å². The van der Waals surface area contributed by atoms with E-state index in [0.29, 0.717) is 10.1 Å². The lowest BCUT2D eigenvalue weighted by atomic mass is 9.94. The van der Waals surface area contributed by atoms with Gasteiger partial charge in [0.25, 0.3) is 5.91 Å². The summed E-state index contributed by atoms with van der Waals surface area (Å²) in [6.45, 7) is 4.30. The van der Waals surface area contributed by atoms with E-state index in [1.807, 2.05) is 36.4 Å². The Morgan fingerprint density at radius 1 is 1.44 bits per heavy atom. The second-order valence-corrected chi connectivity index (χ2v) is 5.51. The first-order chi connectivity index (χ1) is 8.43. The van der Waals surface area contributed by atoms with Gasteiger partial charge in [-0.25, -0.2) is 4.39 Å². The molecule has 0 atom stereocenters. The molecule has 0 aromatic heterocycles. The van der Waals surface area contributed by atoms with E-state index in [0.717, 1.165) is 12.8 Å². The van der Waals surface area contributed by atoms with Crippen LogP contribution in [0.25, 0.3) is 0 Å². The molecule has 0 heterocycles. The molecular weight excluding hydrogens is 346 g/mol. The summed E-state index contributed by atoms with van der Waals surface area (Å²) in [7, 11) is 0. The number of benzene rings is 1. The first kappa shape index (κ1) is 15.4. The maximum atomic E-state index is 13.6. The van der Waals surface area contributed by atoms with Crippen LogP contribution in [0, 0.1) is 9.39 Å². The second kappa shape index (κ2) is 6.47. The van der Waals surface area contributed by atoms with Crippen molar-refractivity contribution in [1.82, 2.24) is 5.32 Å². The van der Waals surface area contributed by atoms with Crippen molar-refractivity contribution in [3.05, 3.63) is 33.1 Å². The van der Waals surface area contributed by atoms with Crippen LogP contribution in [0.4, 0.5) is 4.39 Å². The van der Waals surface area contributed by atoms with Gasteiger partial charge < -0.3 is 11.1 Å². The van der Waals surface area contributed by atoms with Crippen LogP contribution >= 0.6 is 22.6 Å². The highest BCUT2D eigenvalue weighted by Gasteiger charge is 2.22. The van der Waals surface area contributed by atoms with Crippen molar-refractivity contribution in [2.24, 2.45) is 5.73 Å². The largest absolute Gasteiger partial charge is 0.350 e. The van der Waals surface area contributed by atoms with Crippen LogP contribution in [0.5, 0.6) is 0 Å². The molecular formula is C13H18FIN2O. The van der Waals surface area contributed by atoms with Crippen LogP contribution < -0.4 is 11.1 Å². The molecule has 100 valence electrons. The number of nitrogens with two attached hydrogens (primary N) is 1. The number of hydrogen-bond acceptors (Lipinski definition) is 2. The number of carbonyl (C=O) groups is 1. The predicted octanol–water partition coefficient (Wildman–Crippen LogP) is 2.68. The number of rotatable bonds is 5. The van der Waals surface area contributed by atoms with Gasteiger partial charge in [-0.1, -0.05) is 19.9 Å². The highest BCUT2D eigenvalue weighted by molar-refractivity contribution is 14.1. The summed E-state index contributed by atoms with van der Waals surface area (Å²) in [5, 5.41) is 2.71. The quantitative estimate of drug-likeness (QED) is 0.790. The molecule has 1 rings (SSSR count). The third kappa shape index (κ3) is 3.65. The minimum atomic E-state index is -0.505. The molecule has 5 heteroatoms. The van der Waals surface area contributed by atoms with E-state index in [9.17, 15) is 9.18 Å². The van der Waals surface area contributed by atoms with Crippen LogP contribution in [-0.4, -0.2) is 18.0 Å². The molecule has 0 bridgehead atoms. The molecule has 0 spiro atoms. The Labute approximate surface area is 120 Å². The zero-order valence-corrected chi connectivity index (χ0v) is 12.8. The summed E-state index contributed by atoms with van der Waals surface area (Å²) in [5.74, 6) is -0.913. The smallest absolute Gasteiger partial charge is 0.255 e. The molecule has 3 nitrogen and oxygen atoms in total. The summed E-state index contributed by atoms with van der Waals surface area (Å²) >= 11 is 1.95. The van der Waals surface area contributed by atoms with Gasteiger partial charge >= 0.3 is 0 Å². The molecule has 0 aliphatic carbocycles. The first-order valence-electron chi connectivity index (χ1n) is 5.94. The van der Waals surface area contributed by atoms with Gasteiger partial charge in [0.1, 0.15) is 5.82 Å². The van der Waals surface area contributed by atoms with Crippen molar-refractivity contribution in [2.75, 3.05) is 6.54 Å². The van der Waals surface area contributed by atoms with E-state index >= 15 is 0 Å². The summed E-state index contributed by atoms with van der Waals surface area (Å²) in [5.41, 5.74) is 5.75. The third-order valence-electron chi connectivity index (χ3n) is 3.20. The Bertz CT molecular complexity index is 413. The minimum Gasteiger partial charge on any atom is -0.350 e. The maximum absolute atomic E-state index is 13.6. The van der Waals surface area contributed by atoms with Crippen molar-refractivity contribution in [2.45, 2.75) is 32.2 Å². The van der Waals surface area contributed by atoms with E-state index in [4.69, 9.17) is 5.73 Å². The molecule has 18 heavy (non-hydrogen) atoms. The van der Waals surface area contributed by atoms with Gasteiger partial charge in [-0.3, -0.25) is 4.79 Å². The number of carbonyl (C=O) groups excluding carboxylic acids is 1. The number of hydrogen-bond donors (Lipinski definition) is 2. The van der Waals surface area contributed by atoms with Gasteiger partial charge in [0.05, 0.1) is 5.56 Å². The van der Waals surface area contributed by atoms with E-state index in [1.165, 1.54) is 6.07 Å². The molecule has 1 aromatic carbocycles. The van der Waals surface area contributed by atoms with Crippen molar-refractivity contribution >= 4 is 28.5 Å². The molecule has 1 aromatic rings. The van der Waals surface area contributed by atoms with Crippen molar-refractivity contribution < 1.29 is 9.18 Å². The summed E-state index contributed by atoms with van der Waals surface area (Å²) in [4.78, 5) is 12.0. The number of amides is 1. The number of nitrogens with one attached hydrogen (secondary N) is 1. The lowest BCUT2D eigenvalue weighted by molar-refractivity contribution is 0.0937. The Morgan fingerprint density at radius 2 is 2.06 bits per heavy atom. The Balaban J connectivity index is 2.78. The van der Waals surface area contributed by atoms with Crippen molar-refractivity contribution in [3.63, 3.8) is 0 Å². The molecule has 3 N–H and O–H groups in total. The molecule has 0 fully saturated rings. The SMILES string of the molecule is CCC(N)(CC)CNC(=O)c1c(F)cccc1I. The van der Waals surface area contributed by atoms with Gasteiger partial charge in [-0.05, 0) is 47.6 Å². The van der Waals surface area contributed by atoms with E-state index in [-0.39, 0.29) is 5.56 Å². The highest BCUT2D eigenvalue weighted by atomic mass is 127. The first-order valence-corrected chi connectivity index (χ1v) is 7.02. The van der Waals surface area contributed by atoms with Gasteiger partial charge in [0.2, 0.25) is 0 Å². The van der Waals surface area contributed by atoms with Gasteiger partial charge in [-0.15, -0.1) is 0 Å². The molecule has 1 amide bonds. The van der Waals surface area contributed by atoms with Crippen LogP contribution in [-0.2, 0) is 0 Å². The number of halogens is 2. The Morgan fingerprint density at radius 3 is 2.56 bits per heavy atom.